The van der Waals surface area contributed by atoms with Crippen LogP contribution in [0.5, 0.6) is 0 Å². The van der Waals surface area contributed by atoms with Crippen LogP contribution in [0.3, 0.4) is 0 Å². The molecule has 5 aliphatic rings. The maximum atomic E-state index is 13.3. The normalized spacial score (nSPS) is 31.8. The fourth-order valence-electron chi connectivity index (χ4n) is 9.11. The number of hydrogen-bond donors (Lipinski definition) is 4. The average Bonchev–Trinajstić information content (AvgIpc) is 3.76. The van der Waals surface area contributed by atoms with Crippen LogP contribution in [0.25, 0.3) is 6.08 Å². The van der Waals surface area contributed by atoms with E-state index in [1.165, 1.54) is 12.8 Å². The molecule has 0 spiro atoms. The van der Waals surface area contributed by atoms with Crippen molar-refractivity contribution in [2.24, 2.45) is 17.8 Å². The smallest absolute Gasteiger partial charge is 0.375 e. The van der Waals surface area contributed by atoms with Gasteiger partial charge in [0.1, 0.15) is 0 Å². The van der Waals surface area contributed by atoms with Crippen LogP contribution in [-0.4, -0.2) is 84.3 Å². The first-order valence-corrected chi connectivity index (χ1v) is 18.7. The van der Waals surface area contributed by atoms with E-state index >= 15 is 0 Å². The van der Waals surface area contributed by atoms with E-state index in [-0.39, 0.29) is 60.8 Å². The highest BCUT2D eigenvalue weighted by Crippen LogP contribution is 2.41. The fraction of sp³-hybridized carbons (Fsp3) is 0.757. The molecule has 3 heterocycles. The molecular weight excluding hydrogens is 635 g/mol. The molecule has 12 heteroatoms. The first-order valence-electron chi connectivity index (χ1n) is 18.7. The van der Waals surface area contributed by atoms with Gasteiger partial charge in [-0.3, -0.25) is 14.4 Å². The summed E-state index contributed by atoms with van der Waals surface area (Å²) in [6, 6.07) is -0.122. The summed E-state index contributed by atoms with van der Waals surface area (Å²) in [6.45, 7) is 7.76. The number of H-pyrrole nitrogens is 1. The summed E-state index contributed by atoms with van der Waals surface area (Å²) >= 11 is 0. The Kier molecular flexibility index (Phi) is 11.4. The predicted octanol–water partition coefficient (Wildman–Crippen LogP) is 5.71. The standard InChI is InChI=1S/C37H54F3N5O4/c1-22-31(42-23(2)33(22)36(48)41-14-7-17-45-15-3-4-16-45)21-30-29-13-12-28(20-32(29)44-35(30)47)49-27-11-6-10-26(19-27)43-34(46)24-8-5-9-25(18-24)37(38,39)40/h21,24-29,32,42H,3-20H2,1-2H3,(H,41,48)(H,43,46)(H,44,47)/b30-21-. The van der Waals surface area contributed by atoms with Crippen LogP contribution < -0.4 is 16.0 Å². The van der Waals surface area contributed by atoms with Crippen LogP contribution in [0.1, 0.15) is 117 Å². The average molecular weight is 690 g/mol. The van der Waals surface area contributed by atoms with Gasteiger partial charge in [-0.05, 0) is 129 Å². The topological polar surface area (TPSA) is 116 Å². The zero-order chi connectivity index (χ0) is 34.7. The number of aryl methyl sites for hydroxylation is 1. The van der Waals surface area contributed by atoms with Gasteiger partial charge in [-0.25, -0.2) is 0 Å². The highest BCUT2D eigenvalue weighted by Gasteiger charge is 2.45. The lowest BCUT2D eigenvalue weighted by atomic mass is 9.80. The van der Waals surface area contributed by atoms with Crippen molar-refractivity contribution in [3.05, 3.63) is 28.1 Å². The fourth-order valence-corrected chi connectivity index (χ4v) is 9.11. The molecule has 272 valence electrons. The van der Waals surface area contributed by atoms with Gasteiger partial charge in [0.15, 0.2) is 0 Å². The molecule has 7 unspecified atom stereocenters. The maximum absolute atomic E-state index is 13.3. The van der Waals surface area contributed by atoms with Crippen LogP contribution in [0, 0.1) is 31.6 Å². The first kappa shape index (κ1) is 35.9. The van der Waals surface area contributed by atoms with Gasteiger partial charge in [-0.1, -0.05) is 6.42 Å². The van der Waals surface area contributed by atoms with Crippen LogP contribution in [-0.2, 0) is 14.3 Å². The van der Waals surface area contributed by atoms with Crippen molar-refractivity contribution in [1.82, 2.24) is 25.8 Å². The van der Waals surface area contributed by atoms with Gasteiger partial charge < -0.3 is 30.6 Å². The number of aromatic amines is 1. The van der Waals surface area contributed by atoms with Gasteiger partial charge in [0.2, 0.25) is 11.8 Å². The molecule has 3 saturated carbocycles. The molecule has 2 saturated heterocycles. The summed E-state index contributed by atoms with van der Waals surface area (Å²) < 4.78 is 46.4. The lowest BCUT2D eigenvalue weighted by molar-refractivity contribution is -0.186. The van der Waals surface area contributed by atoms with E-state index in [0.29, 0.717) is 37.8 Å². The third-order valence-corrected chi connectivity index (χ3v) is 11.8. The number of halogens is 3. The number of amides is 3. The first-order chi connectivity index (χ1) is 23.5. The zero-order valence-electron chi connectivity index (χ0n) is 29.1. The Morgan fingerprint density at radius 2 is 1.71 bits per heavy atom. The molecule has 5 fully saturated rings. The van der Waals surface area contributed by atoms with Crippen molar-refractivity contribution >= 4 is 23.8 Å². The summed E-state index contributed by atoms with van der Waals surface area (Å²) in [5.41, 5.74) is 3.81. The lowest BCUT2D eigenvalue weighted by Crippen LogP contribution is -2.46. The van der Waals surface area contributed by atoms with Gasteiger partial charge in [0, 0.05) is 47.4 Å². The number of alkyl halides is 3. The summed E-state index contributed by atoms with van der Waals surface area (Å²) in [4.78, 5) is 45.0. The molecule has 6 rings (SSSR count). The number of aromatic nitrogens is 1. The van der Waals surface area contributed by atoms with Crippen LogP contribution >= 0.6 is 0 Å². The van der Waals surface area contributed by atoms with Gasteiger partial charge in [0.25, 0.3) is 5.91 Å². The monoisotopic (exact) mass is 689 g/mol. The van der Waals surface area contributed by atoms with E-state index in [1.54, 1.807) is 0 Å². The number of ether oxygens (including phenoxy) is 1. The van der Waals surface area contributed by atoms with Crippen molar-refractivity contribution in [3.8, 4) is 0 Å². The molecule has 4 N–H and O–H groups in total. The van der Waals surface area contributed by atoms with Crippen molar-refractivity contribution in [3.63, 3.8) is 0 Å². The second kappa shape index (κ2) is 15.6. The molecule has 3 aliphatic carbocycles. The summed E-state index contributed by atoms with van der Waals surface area (Å²) in [6.07, 6.45) is 7.56. The second-order valence-electron chi connectivity index (χ2n) is 15.3. The molecule has 1 aromatic heterocycles. The van der Waals surface area contributed by atoms with Gasteiger partial charge in [0.05, 0.1) is 23.7 Å². The second-order valence-corrected chi connectivity index (χ2v) is 15.3. The molecule has 0 radical (unpaired) electrons. The Hall–Kier alpha value is -2.86. The van der Waals surface area contributed by atoms with Crippen molar-refractivity contribution in [2.45, 2.75) is 134 Å². The lowest BCUT2D eigenvalue weighted by Gasteiger charge is -2.37. The van der Waals surface area contributed by atoms with Crippen LogP contribution in [0.4, 0.5) is 13.2 Å². The Balaban J connectivity index is 0.989. The molecular formula is C37H54F3N5O4. The van der Waals surface area contributed by atoms with E-state index < -0.39 is 18.0 Å². The Labute approximate surface area is 287 Å². The number of hydrogen-bond acceptors (Lipinski definition) is 5. The van der Waals surface area contributed by atoms with E-state index in [0.717, 1.165) is 80.7 Å². The summed E-state index contributed by atoms with van der Waals surface area (Å²) in [5.74, 6) is -2.32. The number of nitrogens with zero attached hydrogens (tertiary/aromatic N) is 1. The van der Waals surface area contributed by atoms with Crippen molar-refractivity contribution < 1.29 is 32.3 Å². The zero-order valence-corrected chi connectivity index (χ0v) is 29.1. The van der Waals surface area contributed by atoms with E-state index in [9.17, 15) is 27.6 Å². The van der Waals surface area contributed by atoms with Crippen LogP contribution in [0.2, 0.25) is 0 Å². The van der Waals surface area contributed by atoms with Gasteiger partial charge in [-0.15, -0.1) is 0 Å². The summed E-state index contributed by atoms with van der Waals surface area (Å²) in [5, 5.41) is 9.32. The number of fused-ring (bicyclic) bond motifs is 1. The quantitative estimate of drug-likeness (QED) is 0.186. The van der Waals surface area contributed by atoms with Gasteiger partial charge in [-0.2, -0.15) is 13.2 Å². The van der Waals surface area contributed by atoms with Crippen molar-refractivity contribution in [2.75, 3.05) is 26.2 Å². The third kappa shape index (κ3) is 8.72. The Morgan fingerprint density at radius 3 is 2.49 bits per heavy atom. The van der Waals surface area contributed by atoms with E-state index in [1.807, 2.05) is 19.9 Å². The number of carbonyl (C=O) groups excluding carboxylic acids is 3. The number of rotatable bonds is 10. The largest absolute Gasteiger partial charge is 0.391 e. The molecule has 3 amide bonds. The van der Waals surface area contributed by atoms with Crippen molar-refractivity contribution in [1.29, 1.82) is 0 Å². The van der Waals surface area contributed by atoms with Crippen LogP contribution in [0.15, 0.2) is 5.57 Å². The minimum atomic E-state index is -4.25. The molecule has 7 atom stereocenters. The molecule has 0 aromatic carbocycles. The number of carbonyl (C=O) groups is 3. The minimum absolute atomic E-state index is 0.0125. The summed E-state index contributed by atoms with van der Waals surface area (Å²) in [7, 11) is 0. The third-order valence-electron chi connectivity index (χ3n) is 11.8. The highest BCUT2D eigenvalue weighted by molar-refractivity contribution is 6.02. The van der Waals surface area contributed by atoms with E-state index in [4.69, 9.17) is 4.74 Å². The Bertz CT molecular complexity index is 1390. The van der Waals surface area contributed by atoms with E-state index in [2.05, 4.69) is 25.8 Å². The molecule has 0 bridgehead atoms. The SMILES string of the molecule is Cc1[nH]c(/C=C2\C(=O)NC3CC(OC4CCCC(NC(=O)C5CCCC(C(F)(F)F)C5)C4)CCC23)c(C)c1C(=O)NCCCN1CCCC1. The molecule has 2 aliphatic heterocycles. The number of likely N-dealkylation sites (tertiary alicyclic amines) is 1. The highest BCUT2D eigenvalue weighted by atomic mass is 19.4. The molecule has 9 nitrogen and oxygen atoms in total. The Morgan fingerprint density at radius 1 is 0.959 bits per heavy atom. The number of nitrogens with one attached hydrogen (secondary N) is 4. The molecule has 49 heavy (non-hydrogen) atoms. The predicted molar refractivity (Wildman–Crippen MR) is 181 cm³/mol. The van der Waals surface area contributed by atoms with Gasteiger partial charge >= 0.3 is 6.18 Å². The minimum Gasteiger partial charge on any atom is -0.375 e. The molecule has 1 aromatic rings. The maximum Gasteiger partial charge on any atom is 0.391 e.